The lowest BCUT2D eigenvalue weighted by atomic mass is 9.74. The summed E-state index contributed by atoms with van der Waals surface area (Å²) < 4.78 is 12.0. The third kappa shape index (κ3) is 5.30. The summed E-state index contributed by atoms with van der Waals surface area (Å²) in [6, 6.07) is 7.61. The summed E-state index contributed by atoms with van der Waals surface area (Å²) in [5.74, 6) is -3.19. The molecule has 2 N–H and O–H groups in total. The standard InChI is InChI=1S/C31H39N3O7/c1-30(2,3)34-17-9-5-8-13-23(36)40-19-21(20-11-6-4-7-12-20)32-27(37)24-22-14-15-31(41-22)25(24)28(38)33(16-10-18-35)26(31)29(34)39/h4-7,9,11-12,14-15,21-22,24-26,35H,8,10,13,16-19H2,1-3H3,(H,32,37)/b9-5-/t21-,22-,24+,25+,26-,31+/m0/s1. The van der Waals surface area contributed by atoms with Gasteiger partial charge >= 0.3 is 5.97 Å². The Morgan fingerprint density at radius 1 is 1.07 bits per heavy atom. The molecule has 220 valence electrons. The highest BCUT2D eigenvalue weighted by molar-refractivity contribution is 6.00. The number of rotatable bonds is 4. The Kier molecular flexibility index (Phi) is 8.07. The van der Waals surface area contributed by atoms with Gasteiger partial charge in [-0.3, -0.25) is 19.2 Å². The first-order valence-corrected chi connectivity index (χ1v) is 14.3. The molecule has 0 aromatic heterocycles. The lowest BCUT2D eigenvalue weighted by Gasteiger charge is -2.41. The van der Waals surface area contributed by atoms with Crippen molar-refractivity contribution in [3.63, 3.8) is 0 Å². The average Bonchev–Trinajstić information content (AvgIpc) is 3.58. The van der Waals surface area contributed by atoms with Crippen molar-refractivity contribution in [3.05, 3.63) is 60.2 Å². The number of hydrogen-bond donors (Lipinski definition) is 2. The zero-order valence-corrected chi connectivity index (χ0v) is 23.8. The van der Waals surface area contributed by atoms with Gasteiger partial charge in [-0.1, -0.05) is 54.6 Å². The van der Waals surface area contributed by atoms with Gasteiger partial charge in [-0.05, 0) is 39.2 Å². The second kappa shape index (κ2) is 11.4. The van der Waals surface area contributed by atoms with Crippen molar-refractivity contribution in [2.75, 3.05) is 26.3 Å². The minimum absolute atomic E-state index is 0.0579. The molecule has 4 heterocycles. The summed E-state index contributed by atoms with van der Waals surface area (Å²) in [7, 11) is 0. The molecule has 0 aliphatic carbocycles. The molecule has 6 atom stereocenters. The van der Waals surface area contributed by atoms with Gasteiger partial charge in [-0.2, -0.15) is 0 Å². The third-order valence-corrected chi connectivity index (χ3v) is 8.44. The van der Waals surface area contributed by atoms with Crippen molar-refractivity contribution in [1.29, 1.82) is 0 Å². The van der Waals surface area contributed by atoms with Gasteiger partial charge in [0.15, 0.2) is 0 Å². The third-order valence-electron chi connectivity index (χ3n) is 8.44. The summed E-state index contributed by atoms with van der Waals surface area (Å²) in [4.78, 5) is 58.2. The minimum Gasteiger partial charge on any atom is -0.463 e. The predicted molar refractivity (Wildman–Crippen MR) is 149 cm³/mol. The Labute approximate surface area is 240 Å². The second-order valence-electron chi connectivity index (χ2n) is 12.1. The fourth-order valence-electron chi connectivity index (χ4n) is 6.49. The Morgan fingerprint density at radius 2 is 1.83 bits per heavy atom. The summed E-state index contributed by atoms with van der Waals surface area (Å²) in [5, 5.41) is 12.6. The molecule has 2 saturated heterocycles. The number of carbonyl (C=O) groups excluding carboxylic acids is 4. The van der Waals surface area contributed by atoms with E-state index < -0.39 is 53.0 Å². The number of likely N-dealkylation sites (tertiary alicyclic amines) is 1. The summed E-state index contributed by atoms with van der Waals surface area (Å²) in [6.45, 7) is 5.99. The number of nitrogens with one attached hydrogen (secondary N) is 1. The molecule has 5 bridgehead atoms. The predicted octanol–water partition coefficient (Wildman–Crippen LogP) is 1.90. The minimum atomic E-state index is -1.30. The van der Waals surface area contributed by atoms with E-state index >= 15 is 0 Å². The van der Waals surface area contributed by atoms with Gasteiger partial charge in [-0.15, -0.1) is 0 Å². The number of benzene rings is 1. The lowest BCUT2D eigenvalue weighted by molar-refractivity contribution is -0.150. The van der Waals surface area contributed by atoms with Gasteiger partial charge in [0.1, 0.15) is 18.2 Å². The van der Waals surface area contributed by atoms with Crippen molar-refractivity contribution in [3.8, 4) is 0 Å². The van der Waals surface area contributed by atoms with Crippen LogP contribution < -0.4 is 5.32 Å². The molecule has 5 rings (SSSR count). The molecule has 4 aliphatic rings. The SMILES string of the molecule is CC(C)(C)N1C/C=C\CCC(=O)OC[C@@H](c2ccccc2)NC(=O)[C@@H]2[C@@H]3C=C[C@]4(O3)[C@H](C1=O)N(CCCO)C(=O)[C@@H]24. The van der Waals surface area contributed by atoms with Gasteiger partial charge in [0.25, 0.3) is 0 Å². The smallest absolute Gasteiger partial charge is 0.306 e. The van der Waals surface area contributed by atoms with Gasteiger partial charge in [0, 0.05) is 31.7 Å². The fourth-order valence-corrected chi connectivity index (χ4v) is 6.49. The molecule has 3 amide bonds. The number of aliphatic hydroxyl groups excluding tert-OH is 1. The molecule has 2 fully saturated rings. The van der Waals surface area contributed by atoms with Crippen LogP contribution in [-0.2, 0) is 28.7 Å². The summed E-state index contributed by atoms with van der Waals surface area (Å²) in [6.07, 6.45) is 7.46. The van der Waals surface area contributed by atoms with Crippen molar-refractivity contribution in [1.82, 2.24) is 15.1 Å². The van der Waals surface area contributed by atoms with E-state index in [1.54, 1.807) is 17.1 Å². The molecule has 0 radical (unpaired) electrons. The number of carbonyl (C=O) groups is 4. The van der Waals surface area contributed by atoms with Crippen LogP contribution in [0.25, 0.3) is 0 Å². The van der Waals surface area contributed by atoms with Gasteiger partial charge in [0.05, 0.1) is 24.0 Å². The van der Waals surface area contributed by atoms with Crippen molar-refractivity contribution in [2.45, 2.75) is 69.4 Å². The number of esters is 1. The van der Waals surface area contributed by atoms with E-state index in [4.69, 9.17) is 9.47 Å². The molecule has 10 heteroatoms. The summed E-state index contributed by atoms with van der Waals surface area (Å²) in [5.41, 5.74) is -1.13. The van der Waals surface area contributed by atoms with Crippen LogP contribution in [-0.4, -0.2) is 88.2 Å². The van der Waals surface area contributed by atoms with Crippen LogP contribution in [0, 0.1) is 11.8 Å². The summed E-state index contributed by atoms with van der Waals surface area (Å²) >= 11 is 0. The molecule has 1 aromatic rings. The highest BCUT2D eigenvalue weighted by atomic mass is 16.5. The molecule has 41 heavy (non-hydrogen) atoms. The normalized spacial score (nSPS) is 33.1. The van der Waals surface area contributed by atoms with Crippen LogP contribution in [0.2, 0.25) is 0 Å². The van der Waals surface area contributed by atoms with E-state index in [0.717, 1.165) is 5.56 Å². The van der Waals surface area contributed by atoms with Crippen molar-refractivity contribution >= 4 is 23.7 Å². The number of fused-ring (bicyclic) bond motifs is 2. The Hall–Kier alpha value is -3.50. The molecule has 4 aliphatic heterocycles. The number of hydrogen-bond acceptors (Lipinski definition) is 7. The maximum atomic E-state index is 14.4. The molecular formula is C31H39N3O7. The topological polar surface area (TPSA) is 125 Å². The van der Waals surface area contributed by atoms with E-state index in [2.05, 4.69) is 5.32 Å². The quantitative estimate of drug-likeness (QED) is 0.422. The maximum absolute atomic E-state index is 14.4. The highest BCUT2D eigenvalue weighted by Crippen LogP contribution is 2.55. The highest BCUT2D eigenvalue weighted by Gasteiger charge is 2.73. The average molecular weight is 566 g/mol. The van der Waals surface area contributed by atoms with E-state index in [0.29, 0.717) is 12.8 Å². The van der Waals surface area contributed by atoms with Crippen molar-refractivity contribution < 1.29 is 33.8 Å². The number of ether oxygens (including phenoxy) is 2. The first-order valence-electron chi connectivity index (χ1n) is 14.3. The van der Waals surface area contributed by atoms with Crippen LogP contribution in [0.15, 0.2) is 54.6 Å². The number of cyclic esters (lactones) is 1. The largest absolute Gasteiger partial charge is 0.463 e. The zero-order valence-electron chi connectivity index (χ0n) is 23.8. The molecule has 10 nitrogen and oxygen atoms in total. The molecule has 1 aromatic carbocycles. The van der Waals surface area contributed by atoms with E-state index in [-0.39, 0.29) is 44.5 Å². The van der Waals surface area contributed by atoms with Gasteiger partial charge in [-0.25, -0.2) is 0 Å². The van der Waals surface area contributed by atoms with E-state index in [9.17, 15) is 24.3 Å². The molecular weight excluding hydrogens is 526 g/mol. The van der Waals surface area contributed by atoms with Crippen molar-refractivity contribution in [2.24, 2.45) is 11.8 Å². The van der Waals surface area contributed by atoms with Crippen LogP contribution >= 0.6 is 0 Å². The fraction of sp³-hybridized carbons (Fsp3) is 0.548. The first kappa shape index (κ1) is 29.0. The van der Waals surface area contributed by atoms with Gasteiger partial charge in [0.2, 0.25) is 17.7 Å². The molecule has 1 spiro atoms. The van der Waals surface area contributed by atoms with Crippen LogP contribution in [0.4, 0.5) is 0 Å². The van der Waals surface area contributed by atoms with E-state index in [1.807, 2.05) is 63.3 Å². The Morgan fingerprint density at radius 3 is 2.54 bits per heavy atom. The Balaban J connectivity index is 1.57. The number of aliphatic hydroxyl groups is 1. The maximum Gasteiger partial charge on any atom is 0.306 e. The Bertz CT molecular complexity index is 1240. The number of amides is 3. The monoisotopic (exact) mass is 565 g/mol. The zero-order chi connectivity index (χ0) is 29.4. The van der Waals surface area contributed by atoms with Crippen LogP contribution in [0.3, 0.4) is 0 Å². The van der Waals surface area contributed by atoms with Crippen LogP contribution in [0.1, 0.15) is 51.6 Å². The number of allylic oxidation sites excluding steroid dienone is 1. The molecule has 0 saturated carbocycles. The first-order chi connectivity index (χ1) is 19.6. The second-order valence-corrected chi connectivity index (χ2v) is 12.1. The van der Waals surface area contributed by atoms with Gasteiger partial charge < -0.3 is 29.7 Å². The van der Waals surface area contributed by atoms with E-state index in [1.165, 1.54) is 4.90 Å². The molecule has 0 unspecified atom stereocenters. The lowest BCUT2D eigenvalue weighted by Crippen LogP contribution is -2.59. The van der Waals surface area contributed by atoms with Crippen LogP contribution in [0.5, 0.6) is 0 Å². The number of nitrogens with zero attached hydrogens (tertiary/aromatic N) is 2.